The maximum absolute atomic E-state index is 14.7. The number of guanidine groups is 1. The number of ether oxygens (including phenoxy) is 1. The normalized spacial score (nSPS) is 16.4. The number of methoxy groups -OCH3 is 1. The van der Waals surface area contributed by atoms with E-state index in [-0.39, 0.29) is 23.3 Å². The zero-order valence-electron chi connectivity index (χ0n) is 21.1. The molecule has 2 aromatic rings. The molecule has 2 amide bonds. The predicted molar refractivity (Wildman–Crippen MR) is 146 cm³/mol. The van der Waals surface area contributed by atoms with Crippen LogP contribution in [-0.2, 0) is 17.6 Å². The Morgan fingerprint density at radius 1 is 1.22 bits per heavy atom. The number of aliphatic imine (C=N–C) groups is 1. The number of carbonyl (C=O) groups excluding carboxylic acids is 2. The van der Waals surface area contributed by atoms with E-state index < -0.39 is 11.7 Å². The summed E-state index contributed by atoms with van der Waals surface area (Å²) in [5, 5.41) is 2.58. The molecule has 0 spiro atoms. The Kier molecular flexibility index (Phi) is 10.9. The van der Waals surface area contributed by atoms with Crippen molar-refractivity contribution in [2.24, 2.45) is 22.4 Å². The number of nitrogens with zero attached hydrogens (tertiary/aromatic N) is 2. The first kappa shape index (κ1) is 28.6. The largest absolute Gasteiger partial charge is 0.496 e. The van der Waals surface area contributed by atoms with Crippen molar-refractivity contribution in [2.45, 2.75) is 38.5 Å². The number of piperidine rings is 1. The minimum Gasteiger partial charge on any atom is -0.496 e. The van der Waals surface area contributed by atoms with E-state index in [1.165, 1.54) is 12.1 Å². The highest BCUT2D eigenvalue weighted by Crippen LogP contribution is 2.25. The summed E-state index contributed by atoms with van der Waals surface area (Å²) in [6.45, 7) is 3.00. The maximum atomic E-state index is 14.7. The van der Waals surface area contributed by atoms with E-state index in [1.807, 2.05) is 18.2 Å². The SMILES string of the molecule is COc1ccc(Br)cc1CCc1c(F)cccc1C(=O)NC(N)=NCCCCN1CCCC(C(N)=O)C1. The van der Waals surface area contributed by atoms with Gasteiger partial charge in [-0.2, -0.15) is 0 Å². The van der Waals surface area contributed by atoms with Gasteiger partial charge in [0.2, 0.25) is 5.91 Å². The lowest BCUT2D eigenvalue weighted by molar-refractivity contribution is -0.123. The van der Waals surface area contributed by atoms with Crippen LogP contribution in [-0.4, -0.2) is 56.0 Å². The predicted octanol–water partition coefficient (Wildman–Crippen LogP) is 3.40. The highest BCUT2D eigenvalue weighted by atomic mass is 79.9. The number of carbonyl (C=O) groups is 2. The third kappa shape index (κ3) is 8.53. The second kappa shape index (κ2) is 14.1. The first-order valence-electron chi connectivity index (χ1n) is 12.5. The Morgan fingerprint density at radius 2 is 2.03 bits per heavy atom. The van der Waals surface area contributed by atoms with Gasteiger partial charge in [-0.3, -0.25) is 19.9 Å². The summed E-state index contributed by atoms with van der Waals surface area (Å²) in [7, 11) is 1.59. The molecule has 8 nitrogen and oxygen atoms in total. The van der Waals surface area contributed by atoms with Crippen molar-refractivity contribution in [1.82, 2.24) is 10.2 Å². The number of halogens is 2. The molecule has 1 aliphatic rings. The van der Waals surface area contributed by atoms with Crippen LogP contribution in [0, 0.1) is 11.7 Å². The van der Waals surface area contributed by atoms with E-state index in [9.17, 15) is 14.0 Å². The van der Waals surface area contributed by atoms with Gasteiger partial charge in [0.1, 0.15) is 11.6 Å². The number of hydrogen-bond acceptors (Lipinski definition) is 5. The van der Waals surface area contributed by atoms with E-state index in [2.05, 4.69) is 31.1 Å². The maximum Gasteiger partial charge on any atom is 0.258 e. The van der Waals surface area contributed by atoms with E-state index >= 15 is 0 Å². The molecule has 5 N–H and O–H groups in total. The molecule has 1 unspecified atom stereocenters. The fourth-order valence-corrected chi connectivity index (χ4v) is 5.00. The number of nitrogens with one attached hydrogen (secondary N) is 1. The molecular weight excluding hydrogens is 541 g/mol. The summed E-state index contributed by atoms with van der Waals surface area (Å²) >= 11 is 3.45. The van der Waals surface area contributed by atoms with Gasteiger partial charge >= 0.3 is 0 Å². The molecule has 200 valence electrons. The minimum absolute atomic E-state index is 0.000588. The van der Waals surface area contributed by atoms with Crippen molar-refractivity contribution < 1.29 is 18.7 Å². The van der Waals surface area contributed by atoms with Gasteiger partial charge in [0.15, 0.2) is 5.96 Å². The number of amides is 2. The van der Waals surface area contributed by atoms with Crippen LogP contribution in [0.1, 0.15) is 47.2 Å². The molecule has 1 aliphatic heterocycles. The van der Waals surface area contributed by atoms with Crippen LogP contribution in [0.3, 0.4) is 0 Å². The standard InChI is InChI=1S/C27H35BrFN5O3/c1-37-24-12-10-20(28)16-18(24)9-11-21-22(7-4-8-23(21)29)26(36)33-27(31)32-13-2-3-14-34-15-5-6-19(17-34)25(30)35/h4,7-8,10,12,16,19H,2-3,5-6,9,11,13-15,17H2,1H3,(H2,30,35)(H3,31,32,33,36). The second-order valence-corrected chi connectivity index (χ2v) is 10.1. The number of hydrogen-bond donors (Lipinski definition) is 3. The summed E-state index contributed by atoms with van der Waals surface area (Å²) in [4.78, 5) is 30.8. The Hall–Kier alpha value is -2.98. The number of nitrogens with two attached hydrogens (primary N) is 2. The van der Waals surface area contributed by atoms with Crippen LogP contribution in [0.4, 0.5) is 4.39 Å². The molecule has 0 saturated carbocycles. The summed E-state index contributed by atoms with van der Waals surface area (Å²) in [6, 6.07) is 10.1. The van der Waals surface area contributed by atoms with Crippen molar-refractivity contribution in [3.63, 3.8) is 0 Å². The molecule has 10 heteroatoms. The minimum atomic E-state index is -0.497. The summed E-state index contributed by atoms with van der Waals surface area (Å²) in [5.74, 6) is -0.541. The van der Waals surface area contributed by atoms with Gasteiger partial charge in [-0.25, -0.2) is 4.39 Å². The average Bonchev–Trinajstić information content (AvgIpc) is 2.87. The molecule has 0 bridgehead atoms. The monoisotopic (exact) mass is 575 g/mol. The van der Waals surface area contributed by atoms with Gasteiger partial charge in [0.25, 0.3) is 5.91 Å². The Morgan fingerprint density at radius 3 is 2.78 bits per heavy atom. The highest BCUT2D eigenvalue weighted by Gasteiger charge is 2.23. The van der Waals surface area contributed by atoms with Gasteiger partial charge in [-0.1, -0.05) is 22.0 Å². The third-order valence-corrected chi connectivity index (χ3v) is 7.06. The fourth-order valence-electron chi connectivity index (χ4n) is 4.59. The number of aryl methyl sites for hydroxylation is 1. The van der Waals surface area contributed by atoms with Crippen LogP contribution in [0.15, 0.2) is 45.9 Å². The van der Waals surface area contributed by atoms with E-state index in [0.717, 1.165) is 48.8 Å². The molecule has 1 saturated heterocycles. The lowest BCUT2D eigenvalue weighted by Crippen LogP contribution is -2.41. The Labute approximate surface area is 225 Å². The van der Waals surface area contributed by atoms with Crippen molar-refractivity contribution in [1.29, 1.82) is 0 Å². The number of primary amides is 1. The zero-order chi connectivity index (χ0) is 26.8. The fraction of sp³-hybridized carbons (Fsp3) is 0.444. The van der Waals surface area contributed by atoms with E-state index in [4.69, 9.17) is 16.2 Å². The first-order chi connectivity index (χ1) is 17.8. The lowest BCUT2D eigenvalue weighted by Gasteiger charge is -2.30. The molecule has 1 atom stereocenters. The first-order valence-corrected chi connectivity index (χ1v) is 13.3. The van der Waals surface area contributed by atoms with Gasteiger partial charge in [-0.15, -0.1) is 0 Å². The number of benzene rings is 2. The van der Waals surface area contributed by atoms with Crippen molar-refractivity contribution >= 4 is 33.7 Å². The molecule has 3 rings (SSSR count). The molecule has 1 fully saturated rings. The number of likely N-dealkylation sites (tertiary alicyclic amines) is 1. The molecular formula is C27H35BrFN5O3. The van der Waals surface area contributed by atoms with Crippen LogP contribution >= 0.6 is 15.9 Å². The molecule has 0 aliphatic carbocycles. The van der Waals surface area contributed by atoms with Crippen molar-refractivity contribution in [2.75, 3.05) is 33.3 Å². The van der Waals surface area contributed by atoms with E-state index in [0.29, 0.717) is 37.2 Å². The average molecular weight is 577 g/mol. The highest BCUT2D eigenvalue weighted by molar-refractivity contribution is 9.10. The molecule has 1 heterocycles. The Balaban J connectivity index is 1.52. The van der Waals surface area contributed by atoms with E-state index in [1.54, 1.807) is 13.2 Å². The summed E-state index contributed by atoms with van der Waals surface area (Å²) in [6.07, 6.45) is 4.31. The quantitative estimate of drug-likeness (QED) is 0.215. The molecule has 37 heavy (non-hydrogen) atoms. The number of unbranched alkanes of at least 4 members (excludes halogenated alkanes) is 1. The lowest BCUT2D eigenvalue weighted by atomic mass is 9.97. The molecule has 0 radical (unpaired) electrons. The number of rotatable bonds is 11. The van der Waals surface area contributed by atoms with Crippen LogP contribution < -0.4 is 21.5 Å². The van der Waals surface area contributed by atoms with Crippen molar-refractivity contribution in [3.05, 3.63) is 63.4 Å². The van der Waals surface area contributed by atoms with Gasteiger partial charge in [-0.05, 0) is 87.5 Å². The topological polar surface area (TPSA) is 123 Å². The van der Waals surface area contributed by atoms with Crippen LogP contribution in [0.5, 0.6) is 5.75 Å². The second-order valence-electron chi connectivity index (χ2n) is 9.19. The smallest absolute Gasteiger partial charge is 0.258 e. The van der Waals surface area contributed by atoms with Gasteiger partial charge in [0, 0.05) is 28.7 Å². The molecule has 2 aromatic carbocycles. The molecule has 0 aromatic heterocycles. The van der Waals surface area contributed by atoms with Crippen LogP contribution in [0.25, 0.3) is 0 Å². The third-order valence-electron chi connectivity index (χ3n) is 6.56. The summed E-state index contributed by atoms with van der Waals surface area (Å²) < 4.78 is 21.0. The zero-order valence-corrected chi connectivity index (χ0v) is 22.7. The Bertz CT molecular complexity index is 1130. The van der Waals surface area contributed by atoms with Crippen molar-refractivity contribution in [3.8, 4) is 5.75 Å². The van der Waals surface area contributed by atoms with Gasteiger partial charge in [0.05, 0.1) is 13.0 Å². The van der Waals surface area contributed by atoms with Crippen LogP contribution in [0.2, 0.25) is 0 Å². The van der Waals surface area contributed by atoms with Gasteiger partial charge < -0.3 is 21.1 Å². The summed E-state index contributed by atoms with van der Waals surface area (Å²) in [5.41, 5.74) is 12.8.